The monoisotopic (exact) mass is 256 g/mol. The molecule has 6 heteroatoms. The normalized spacial score (nSPS) is 16.9. The van der Waals surface area contributed by atoms with E-state index in [0.29, 0.717) is 13.1 Å². The maximum absolute atomic E-state index is 11.6. The molecule has 6 nitrogen and oxygen atoms in total. The van der Waals surface area contributed by atoms with Crippen LogP contribution in [0.25, 0.3) is 0 Å². The number of carbonyl (C=O) groups is 2. The van der Waals surface area contributed by atoms with Crippen LogP contribution >= 0.6 is 0 Å². The van der Waals surface area contributed by atoms with Crippen molar-refractivity contribution in [3.05, 3.63) is 0 Å². The highest BCUT2D eigenvalue weighted by molar-refractivity contribution is 5.95. The second-order valence-corrected chi connectivity index (χ2v) is 4.54. The Morgan fingerprint density at radius 3 is 2.89 bits per heavy atom. The lowest BCUT2D eigenvalue weighted by atomic mass is 10.3. The van der Waals surface area contributed by atoms with E-state index in [0.717, 1.165) is 45.4 Å². The molecule has 0 atom stereocenters. The van der Waals surface area contributed by atoms with E-state index in [1.165, 1.54) is 0 Å². The lowest BCUT2D eigenvalue weighted by Crippen LogP contribution is -2.45. The molecule has 1 saturated heterocycles. The topological polar surface area (TPSA) is 73.5 Å². The largest absolute Gasteiger partial charge is 0.338 e. The summed E-state index contributed by atoms with van der Waals surface area (Å²) in [5, 5.41) is 8.29. The zero-order valence-electron chi connectivity index (χ0n) is 11.1. The number of carbonyl (C=O) groups excluding carboxylic acids is 2. The Labute approximate surface area is 108 Å². The van der Waals surface area contributed by atoms with Gasteiger partial charge in [-0.1, -0.05) is 13.3 Å². The molecule has 0 bridgehead atoms. The number of amides is 3. The van der Waals surface area contributed by atoms with Gasteiger partial charge >= 0.3 is 6.03 Å². The number of imide groups is 1. The van der Waals surface area contributed by atoms with Crippen LogP contribution in [0, 0.1) is 0 Å². The van der Waals surface area contributed by atoms with Gasteiger partial charge in [0.1, 0.15) is 0 Å². The van der Waals surface area contributed by atoms with Gasteiger partial charge in [0, 0.05) is 19.6 Å². The van der Waals surface area contributed by atoms with Crippen LogP contribution in [0.4, 0.5) is 4.79 Å². The van der Waals surface area contributed by atoms with E-state index in [4.69, 9.17) is 0 Å². The summed E-state index contributed by atoms with van der Waals surface area (Å²) in [6, 6.07) is -0.388. The van der Waals surface area contributed by atoms with Crippen molar-refractivity contribution in [1.29, 1.82) is 0 Å². The van der Waals surface area contributed by atoms with Gasteiger partial charge in [0.05, 0.1) is 6.54 Å². The van der Waals surface area contributed by atoms with Crippen LogP contribution in [-0.2, 0) is 4.79 Å². The summed E-state index contributed by atoms with van der Waals surface area (Å²) in [5.41, 5.74) is 0. The summed E-state index contributed by atoms with van der Waals surface area (Å²) in [5.74, 6) is -0.231. The third-order valence-electron chi connectivity index (χ3n) is 2.87. The van der Waals surface area contributed by atoms with Crippen molar-refractivity contribution in [2.75, 3.05) is 39.3 Å². The molecule has 1 heterocycles. The highest BCUT2D eigenvalue weighted by atomic mass is 16.2. The van der Waals surface area contributed by atoms with E-state index in [2.05, 4.69) is 27.8 Å². The van der Waals surface area contributed by atoms with Crippen LogP contribution in [0.1, 0.15) is 26.2 Å². The van der Waals surface area contributed by atoms with E-state index in [1.807, 2.05) is 0 Å². The van der Waals surface area contributed by atoms with Crippen molar-refractivity contribution < 1.29 is 9.59 Å². The van der Waals surface area contributed by atoms with Crippen LogP contribution in [0.5, 0.6) is 0 Å². The Kier molecular flexibility index (Phi) is 7.36. The minimum absolute atomic E-state index is 0.231. The first kappa shape index (κ1) is 14.9. The fraction of sp³-hybridized carbons (Fsp3) is 0.833. The average Bonchev–Trinajstić information content (AvgIpc) is 2.57. The molecular formula is C12H24N4O2. The van der Waals surface area contributed by atoms with Crippen LogP contribution in [0.2, 0.25) is 0 Å². The molecule has 18 heavy (non-hydrogen) atoms. The predicted octanol–water partition coefficient (Wildman–Crippen LogP) is -0.0924. The summed E-state index contributed by atoms with van der Waals surface area (Å²) in [6.45, 7) is 6.61. The third kappa shape index (κ3) is 6.56. The molecule has 1 rings (SSSR count). The van der Waals surface area contributed by atoms with Gasteiger partial charge < -0.3 is 10.6 Å². The fourth-order valence-electron chi connectivity index (χ4n) is 1.85. The summed E-state index contributed by atoms with van der Waals surface area (Å²) < 4.78 is 0. The zero-order chi connectivity index (χ0) is 13.2. The van der Waals surface area contributed by atoms with Gasteiger partial charge in [0.15, 0.2) is 0 Å². The number of nitrogens with zero attached hydrogens (tertiary/aromatic N) is 1. The minimum Gasteiger partial charge on any atom is -0.338 e. The number of hydrogen-bond acceptors (Lipinski definition) is 4. The van der Waals surface area contributed by atoms with Gasteiger partial charge in [-0.2, -0.15) is 0 Å². The Bertz CT molecular complexity index is 263. The smallest absolute Gasteiger partial charge is 0.321 e. The summed E-state index contributed by atoms with van der Waals surface area (Å²) >= 11 is 0. The lowest BCUT2D eigenvalue weighted by molar-refractivity contribution is -0.121. The molecular weight excluding hydrogens is 232 g/mol. The van der Waals surface area contributed by atoms with Crippen molar-refractivity contribution >= 4 is 11.9 Å². The molecule has 1 aliphatic heterocycles. The van der Waals surface area contributed by atoms with Crippen LogP contribution in [0.15, 0.2) is 0 Å². The van der Waals surface area contributed by atoms with Crippen LogP contribution < -0.4 is 16.0 Å². The second-order valence-electron chi connectivity index (χ2n) is 4.54. The number of nitrogens with one attached hydrogen (secondary N) is 3. The van der Waals surface area contributed by atoms with Crippen molar-refractivity contribution in [1.82, 2.24) is 20.9 Å². The standard InChI is InChI=1S/C12H24N4O2/c1-2-3-6-14-12(18)15-11(17)10-16-8-4-5-13-7-9-16/h13H,2-10H2,1H3,(H2,14,15,17,18). The molecule has 0 unspecified atom stereocenters. The molecule has 0 aromatic heterocycles. The van der Waals surface area contributed by atoms with E-state index in [1.54, 1.807) is 0 Å². The maximum atomic E-state index is 11.6. The van der Waals surface area contributed by atoms with Crippen LogP contribution in [-0.4, -0.2) is 56.1 Å². The van der Waals surface area contributed by atoms with Gasteiger partial charge in [-0.05, 0) is 25.9 Å². The molecule has 1 fully saturated rings. The summed E-state index contributed by atoms with van der Waals surface area (Å²) in [7, 11) is 0. The zero-order valence-corrected chi connectivity index (χ0v) is 11.1. The van der Waals surface area contributed by atoms with E-state index < -0.39 is 0 Å². The Hall–Kier alpha value is -1.14. The SMILES string of the molecule is CCCCNC(=O)NC(=O)CN1CCCNCC1. The Morgan fingerprint density at radius 2 is 2.11 bits per heavy atom. The first-order chi connectivity index (χ1) is 8.72. The van der Waals surface area contributed by atoms with Crippen molar-refractivity contribution in [3.63, 3.8) is 0 Å². The van der Waals surface area contributed by atoms with Crippen molar-refractivity contribution in [2.24, 2.45) is 0 Å². The Balaban J connectivity index is 2.17. The fourth-order valence-corrected chi connectivity index (χ4v) is 1.85. The van der Waals surface area contributed by atoms with E-state index in [-0.39, 0.29) is 11.9 Å². The molecule has 1 aliphatic rings. The highest BCUT2D eigenvalue weighted by Gasteiger charge is 2.14. The second kappa shape index (κ2) is 8.88. The van der Waals surface area contributed by atoms with Gasteiger partial charge in [0.2, 0.25) is 5.91 Å². The molecule has 0 aromatic rings. The van der Waals surface area contributed by atoms with Crippen molar-refractivity contribution in [3.8, 4) is 0 Å². The number of rotatable bonds is 5. The summed E-state index contributed by atoms with van der Waals surface area (Å²) in [6.07, 6.45) is 2.99. The Morgan fingerprint density at radius 1 is 1.28 bits per heavy atom. The van der Waals surface area contributed by atoms with Crippen molar-refractivity contribution in [2.45, 2.75) is 26.2 Å². The molecule has 0 spiro atoms. The van der Waals surface area contributed by atoms with Gasteiger partial charge in [-0.15, -0.1) is 0 Å². The minimum atomic E-state index is -0.388. The lowest BCUT2D eigenvalue weighted by Gasteiger charge is -2.18. The van der Waals surface area contributed by atoms with E-state index >= 15 is 0 Å². The predicted molar refractivity (Wildman–Crippen MR) is 70.4 cm³/mol. The van der Waals surface area contributed by atoms with Gasteiger partial charge in [-0.3, -0.25) is 15.0 Å². The molecule has 104 valence electrons. The number of urea groups is 1. The van der Waals surface area contributed by atoms with E-state index in [9.17, 15) is 9.59 Å². The molecule has 0 saturated carbocycles. The first-order valence-corrected chi connectivity index (χ1v) is 6.73. The number of hydrogen-bond donors (Lipinski definition) is 3. The number of unbranched alkanes of at least 4 members (excludes halogenated alkanes) is 1. The molecule has 3 N–H and O–H groups in total. The highest BCUT2D eigenvalue weighted by Crippen LogP contribution is 1.94. The van der Waals surface area contributed by atoms with Gasteiger partial charge in [-0.25, -0.2) is 4.79 Å². The van der Waals surface area contributed by atoms with Crippen LogP contribution in [0.3, 0.4) is 0 Å². The quantitative estimate of drug-likeness (QED) is 0.601. The molecule has 0 aliphatic carbocycles. The summed E-state index contributed by atoms with van der Waals surface area (Å²) in [4.78, 5) is 25.1. The average molecular weight is 256 g/mol. The van der Waals surface area contributed by atoms with Gasteiger partial charge in [0.25, 0.3) is 0 Å². The molecule has 0 aromatic carbocycles. The third-order valence-corrected chi connectivity index (χ3v) is 2.87. The molecule has 3 amide bonds. The maximum Gasteiger partial charge on any atom is 0.321 e. The molecule has 0 radical (unpaired) electrons. The first-order valence-electron chi connectivity index (χ1n) is 6.73.